The first-order chi connectivity index (χ1) is 14.5. The van der Waals surface area contributed by atoms with Crippen molar-refractivity contribution in [2.45, 2.75) is 45.6 Å². The number of benzene rings is 2. The van der Waals surface area contributed by atoms with Crippen LogP contribution < -0.4 is 14.8 Å². The van der Waals surface area contributed by atoms with E-state index in [9.17, 15) is 4.79 Å². The van der Waals surface area contributed by atoms with E-state index in [-0.39, 0.29) is 18.6 Å². The van der Waals surface area contributed by atoms with E-state index < -0.39 is 0 Å². The Balaban J connectivity index is 1.62. The second-order valence-electron chi connectivity index (χ2n) is 8.16. The fraction of sp³-hybridized carbons (Fsp3) is 0.480. The van der Waals surface area contributed by atoms with Gasteiger partial charge in [0.1, 0.15) is 11.5 Å². The Morgan fingerprint density at radius 3 is 2.20 bits per heavy atom. The number of carbonyl (C=O) groups is 1. The standard InChI is InChI=1S/C25H34N2O3/c1-19-14-20(2)16-23(15-19)30-18-25(28)26-17-24(27-12-6-4-5-7-13-27)21-8-10-22(29-3)11-9-21/h8-11,14-16,24H,4-7,12-13,17-18H2,1-3H3,(H,26,28)/t24-/m0/s1. The maximum Gasteiger partial charge on any atom is 0.258 e. The van der Waals surface area contributed by atoms with Crippen LogP contribution in [0.2, 0.25) is 0 Å². The highest BCUT2D eigenvalue weighted by molar-refractivity contribution is 5.77. The highest BCUT2D eigenvalue weighted by atomic mass is 16.5. The lowest BCUT2D eigenvalue weighted by Gasteiger charge is -2.31. The normalized spacial score (nSPS) is 15.8. The topological polar surface area (TPSA) is 50.8 Å². The highest BCUT2D eigenvalue weighted by Crippen LogP contribution is 2.25. The summed E-state index contributed by atoms with van der Waals surface area (Å²) in [6.45, 7) is 6.78. The number of nitrogens with zero attached hydrogens (tertiary/aromatic N) is 1. The number of nitrogens with one attached hydrogen (secondary N) is 1. The molecule has 0 spiro atoms. The summed E-state index contributed by atoms with van der Waals surface area (Å²) >= 11 is 0. The Kier molecular flexibility index (Phi) is 8.14. The van der Waals surface area contributed by atoms with E-state index >= 15 is 0 Å². The number of carbonyl (C=O) groups excluding carboxylic acids is 1. The van der Waals surface area contributed by atoms with E-state index in [0.29, 0.717) is 6.54 Å². The van der Waals surface area contributed by atoms with Crippen molar-refractivity contribution in [1.29, 1.82) is 0 Å². The molecule has 1 atom stereocenters. The van der Waals surface area contributed by atoms with Crippen LogP contribution in [0.5, 0.6) is 11.5 Å². The molecule has 0 unspecified atom stereocenters. The van der Waals surface area contributed by atoms with Crippen molar-refractivity contribution < 1.29 is 14.3 Å². The van der Waals surface area contributed by atoms with Gasteiger partial charge in [-0.05, 0) is 80.7 Å². The summed E-state index contributed by atoms with van der Waals surface area (Å²) in [5.74, 6) is 1.49. The van der Waals surface area contributed by atoms with E-state index in [1.165, 1.54) is 31.2 Å². The quantitative estimate of drug-likeness (QED) is 0.700. The molecule has 1 saturated heterocycles. The van der Waals surface area contributed by atoms with E-state index in [1.807, 2.05) is 38.1 Å². The predicted octanol–water partition coefficient (Wildman–Crippen LogP) is 4.42. The van der Waals surface area contributed by atoms with Gasteiger partial charge in [0.05, 0.1) is 13.2 Å². The van der Waals surface area contributed by atoms with Gasteiger partial charge >= 0.3 is 0 Å². The first-order valence-electron chi connectivity index (χ1n) is 10.9. The summed E-state index contributed by atoms with van der Waals surface area (Å²) in [6, 6.07) is 14.3. The van der Waals surface area contributed by atoms with Crippen LogP contribution >= 0.6 is 0 Å². The van der Waals surface area contributed by atoms with Crippen molar-refractivity contribution in [3.63, 3.8) is 0 Å². The van der Waals surface area contributed by atoms with Gasteiger partial charge in [0.25, 0.3) is 5.91 Å². The van der Waals surface area contributed by atoms with Gasteiger partial charge in [0.2, 0.25) is 0 Å². The summed E-state index contributed by atoms with van der Waals surface area (Å²) in [6.07, 6.45) is 4.97. The number of hydrogen-bond acceptors (Lipinski definition) is 4. The molecule has 5 nitrogen and oxygen atoms in total. The first-order valence-corrected chi connectivity index (χ1v) is 10.9. The fourth-order valence-electron chi connectivity index (χ4n) is 4.12. The van der Waals surface area contributed by atoms with Crippen LogP contribution in [0, 0.1) is 13.8 Å². The minimum absolute atomic E-state index is 0.0260. The Hall–Kier alpha value is -2.53. The molecule has 0 aromatic heterocycles. The van der Waals surface area contributed by atoms with Crippen LogP contribution in [0.15, 0.2) is 42.5 Å². The second-order valence-corrected chi connectivity index (χ2v) is 8.16. The third kappa shape index (κ3) is 6.49. The van der Waals surface area contributed by atoms with Gasteiger partial charge in [0, 0.05) is 6.54 Å². The van der Waals surface area contributed by atoms with Gasteiger partial charge in [-0.3, -0.25) is 9.69 Å². The molecule has 162 valence electrons. The number of likely N-dealkylation sites (tertiary alicyclic amines) is 1. The molecule has 2 aromatic carbocycles. The molecule has 1 aliphatic rings. The van der Waals surface area contributed by atoms with Gasteiger partial charge < -0.3 is 14.8 Å². The largest absolute Gasteiger partial charge is 0.497 e. The molecule has 1 amide bonds. The Labute approximate surface area is 180 Å². The number of ether oxygens (including phenoxy) is 2. The number of aryl methyl sites for hydroxylation is 2. The zero-order chi connectivity index (χ0) is 21.3. The van der Waals surface area contributed by atoms with Crippen LogP contribution in [-0.4, -0.2) is 44.2 Å². The van der Waals surface area contributed by atoms with Crippen molar-refractivity contribution in [3.05, 3.63) is 59.2 Å². The Morgan fingerprint density at radius 1 is 0.967 bits per heavy atom. The fourth-order valence-corrected chi connectivity index (χ4v) is 4.12. The van der Waals surface area contributed by atoms with Gasteiger partial charge in [-0.2, -0.15) is 0 Å². The molecule has 0 bridgehead atoms. The average Bonchev–Trinajstić information content (AvgIpc) is 3.02. The maximum atomic E-state index is 12.5. The molecule has 1 N–H and O–H groups in total. The predicted molar refractivity (Wildman–Crippen MR) is 120 cm³/mol. The number of hydrogen-bond donors (Lipinski definition) is 1. The van der Waals surface area contributed by atoms with E-state index in [2.05, 4.69) is 28.4 Å². The molecule has 3 rings (SSSR count). The summed E-state index contributed by atoms with van der Waals surface area (Å²) < 4.78 is 11.0. The average molecular weight is 411 g/mol. The van der Waals surface area contributed by atoms with Crippen LogP contribution in [-0.2, 0) is 4.79 Å². The monoisotopic (exact) mass is 410 g/mol. The molecule has 0 radical (unpaired) electrons. The lowest BCUT2D eigenvalue weighted by molar-refractivity contribution is -0.123. The molecule has 1 heterocycles. The van der Waals surface area contributed by atoms with E-state index in [4.69, 9.17) is 9.47 Å². The molecule has 1 aliphatic heterocycles. The zero-order valence-corrected chi connectivity index (χ0v) is 18.4. The van der Waals surface area contributed by atoms with E-state index in [0.717, 1.165) is 35.7 Å². The van der Waals surface area contributed by atoms with Crippen molar-refractivity contribution in [3.8, 4) is 11.5 Å². The molecular formula is C25H34N2O3. The summed E-state index contributed by atoms with van der Waals surface area (Å²) in [5, 5.41) is 3.09. The van der Waals surface area contributed by atoms with Crippen molar-refractivity contribution >= 4 is 5.91 Å². The molecule has 2 aromatic rings. The number of methoxy groups -OCH3 is 1. The maximum absolute atomic E-state index is 12.5. The number of amides is 1. The highest BCUT2D eigenvalue weighted by Gasteiger charge is 2.22. The lowest BCUT2D eigenvalue weighted by atomic mass is 10.0. The van der Waals surface area contributed by atoms with Crippen molar-refractivity contribution in [1.82, 2.24) is 10.2 Å². The van der Waals surface area contributed by atoms with E-state index in [1.54, 1.807) is 7.11 Å². The third-order valence-corrected chi connectivity index (χ3v) is 5.64. The van der Waals surface area contributed by atoms with Gasteiger partial charge in [-0.15, -0.1) is 0 Å². The molecule has 30 heavy (non-hydrogen) atoms. The minimum Gasteiger partial charge on any atom is -0.497 e. The van der Waals surface area contributed by atoms with Crippen molar-refractivity contribution in [2.75, 3.05) is 33.4 Å². The third-order valence-electron chi connectivity index (χ3n) is 5.64. The van der Waals surface area contributed by atoms with Crippen LogP contribution in [0.25, 0.3) is 0 Å². The van der Waals surface area contributed by atoms with Gasteiger partial charge in [-0.25, -0.2) is 0 Å². The molecule has 1 fully saturated rings. The second kappa shape index (κ2) is 11.0. The van der Waals surface area contributed by atoms with Gasteiger partial charge in [0.15, 0.2) is 6.61 Å². The SMILES string of the molecule is COc1ccc([C@H](CNC(=O)COc2cc(C)cc(C)c2)N2CCCCCC2)cc1. The smallest absolute Gasteiger partial charge is 0.258 e. The van der Waals surface area contributed by atoms with Crippen LogP contribution in [0.3, 0.4) is 0 Å². The van der Waals surface area contributed by atoms with Crippen molar-refractivity contribution in [2.24, 2.45) is 0 Å². The zero-order valence-electron chi connectivity index (χ0n) is 18.4. The Bertz CT molecular complexity index is 791. The minimum atomic E-state index is -0.0949. The molecular weight excluding hydrogens is 376 g/mol. The summed E-state index contributed by atoms with van der Waals surface area (Å²) in [5.41, 5.74) is 3.46. The molecule has 0 aliphatic carbocycles. The summed E-state index contributed by atoms with van der Waals surface area (Å²) in [4.78, 5) is 15.0. The Morgan fingerprint density at radius 2 is 1.60 bits per heavy atom. The molecule has 0 saturated carbocycles. The van der Waals surface area contributed by atoms with Gasteiger partial charge in [-0.1, -0.05) is 31.0 Å². The van der Waals surface area contributed by atoms with Crippen LogP contribution in [0.1, 0.15) is 48.4 Å². The lowest BCUT2D eigenvalue weighted by Crippen LogP contribution is -2.40. The summed E-state index contributed by atoms with van der Waals surface area (Å²) in [7, 11) is 1.68. The number of rotatable bonds is 8. The first kappa shape index (κ1) is 22.2. The van der Waals surface area contributed by atoms with Crippen LogP contribution in [0.4, 0.5) is 0 Å². The molecule has 5 heteroatoms.